The molecule has 1 fully saturated rings. The highest BCUT2D eigenvalue weighted by atomic mass is 79.9. The second-order valence-corrected chi connectivity index (χ2v) is 6.19. The summed E-state index contributed by atoms with van der Waals surface area (Å²) in [4.78, 5) is 4.44. The van der Waals surface area contributed by atoms with Crippen LogP contribution in [0.15, 0.2) is 27.2 Å². The van der Waals surface area contributed by atoms with Gasteiger partial charge in [-0.1, -0.05) is 33.9 Å². The van der Waals surface area contributed by atoms with Crippen LogP contribution < -0.4 is 5.73 Å². The fourth-order valence-corrected chi connectivity index (χ4v) is 3.26. The van der Waals surface area contributed by atoms with Crippen molar-refractivity contribution >= 4 is 15.9 Å². The molecule has 0 radical (unpaired) electrons. The topological polar surface area (TPSA) is 64.9 Å². The summed E-state index contributed by atoms with van der Waals surface area (Å²) in [7, 11) is 0. The highest BCUT2D eigenvalue weighted by Gasteiger charge is 2.39. The Labute approximate surface area is 124 Å². The molecule has 1 aliphatic carbocycles. The average molecular weight is 340 g/mol. The molecule has 1 saturated carbocycles. The minimum absolute atomic E-state index is 0.199. The van der Waals surface area contributed by atoms with E-state index in [0.717, 1.165) is 25.7 Å². The van der Waals surface area contributed by atoms with Gasteiger partial charge in [0.15, 0.2) is 0 Å². The molecule has 2 aromatic rings. The molecule has 0 unspecified atom stereocenters. The second-order valence-electron chi connectivity index (χ2n) is 5.27. The SMILES string of the molecule is NCC1(c2nc(-c3cc(F)cc(Br)c3)no2)CCCC1. The first-order valence-electron chi connectivity index (χ1n) is 6.64. The van der Waals surface area contributed by atoms with Gasteiger partial charge in [-0.25, -0.2) is 4.39 Å². The van der Waals surface area contributed by atoms with Crippen molar-refractivity contribution in [3.05, 3.63) is 34.4 Å². The lowest BCUT2D eigenvalue weighted by atomic mass is 9.86. The molecule has 6 heteroatoms. The number of hydrogen-bond donors (Lipinski definition) is 1. The number of hydrogen-bond acceptors (Lipinski definition) is 4. The van der Waals surface area contributed by atoms with Crippen LogP contribution >= 0.6 is 15.9 Å². The largest absolute Gasteiger partial charge is 0.338 e. The molecule has 0 amide bonds. The second kappa shape index (κ2) is 5.26. The lowest BCUT2D eigenvalue weighted by Gasteiger charge is -2.21. The van der Waals surface area contributed by atoms with Gasteiger partial charge in [-0.15, -0.1) is 0 Å². The Morgan fingerprint density at radius 3 is 2.70 bits per heavy atom. The maximum absolute atomic E-state index is 13.4. The van der Waals surface area contributed by atoms with Gasteiger partial charge in [0.05, 0.1) is 5.41 Å². The smallest absolute Gasteiger partial charge is 0.234 e. The molecule has 3 rings (SSSR count). The van der Waals surface area contributed by atoms with Crippen LogP contribution in [0.3, 0.4) is 0 Å². The Balaban J connectivity index is 1.97. The van der Waals surface area contributed by atoms with Gasteiger partial charge in [0.1, 0.15) is 5.82 Å². The molecule has 0 saturated heterocycles. The Hall–Kier alpha value is -1.27. The quantitative estimate of drug-likeness (QED) is 0.930. The zero-order valence-electron chi connectivity index (χ0n) is 10.9. The van der Waals surface area contributed by atoms with Crippen molar-refractivity contribution in [1.82, 2.24) is 10.1 Å². The van der Waals surface area contributed by atoms with Crippen LogP contribution in [-0.4, -0.2) is 16.7 Å². The van der Waals surface area contributed by atoms with Crippen molar-refractivity contribution in [2.75, 3.05) is 6.54 Å². The van der Waals surface area contributed by atoms with Gasteiger partial charge in [0.25, 0.3) is 0 Å². The molecule has 4 nitrogen and oxygen atoms in total. The lowest BCUT2D eigenvalue weighted by molar-refractivity contribution is 0.284. The van der Waals surface area contributed by atoms with Crippen molar-refractivity contribution in [1.29, 1.82) is 0 Å². The van der Waals surface area contributed by atoms with Crippen LogP contribution in [0.25, 0.3) is 11.4 Å². The summed E-state index contributed by atoms with van der Waals surface area (Å²) in [6, 6.07) is 4.55. The van der Waals surface area contributed by atoms with E-state index in [1.54, 1.807) is 6.07 Å². The van der Waals surface area contributed by atoms with Gasteiger partial charge in [0.2, 0.25) is 11.7 Å². The molecule has 1 aromatic heterocycles. The minimum atomic E-state index is -0.338. The van der Waals surface area contributed by atoms with E-state index in [9.17, 15) is 4.39 Å². The molecule has 0 bridgehead atoms. The highest BCUT2D eigenvalue weighted by molar-refractivity contribution is 9.10. The van der Waals surface area contributed by atoms with Crippen molar-refractivity contribution in [2.24, 2.45) is 5.73 Å². The summed E-state index contributed by atoms with van der Waals surface area (Å²) in [5.74, 6) is 0.642. The zero-order chi connectivity index (χ0) is 14.2. The van der Waals surface area contributed by atoms with Crippen LogP contribution in [0.1, 0.15) is 31.6 Å². The van der Waals surface area contributed by atoms with Crippen LogP contribution in [0.5, 0.6) is 0 Å². The van der Waals surface area contributed by atoms with E-state index in [0.29, 0.717) is 28.3 Å². The van der Waals surface area contributed by atoms with Gasteiger partial charge in [-0.3, -0.25) is 0 Å². The van der Waals surface area contributed by atoms with E-state index >= 15 is 0 Å². The van der Waals surface area contributed by atoms with E-state index in [2.05, 4.69) is 26.1 Å². The molecule has 0 atom stereocenters. The van der Waals surface area contributed by atoms with Gasteiger partial charge < -0.3 is 10.3 Å². The van der Waals surface area contributed by atoms with E-state index in [-0.39, 0.29) is 11.2 Å². The normalized spacial score (nSPS) is 17.6. The molecule has 0 aliphatic heterocycles. The first-order valence-corrected chi connectivity index (χ1v) is 7.43. The van der Waals surface area contributed by atoms with Gasteiger partial charge in [-0.05, 0) is 31.0 Å². The van der Waals surface area contributed by atoms with E-state index in [4.69, 9.17) is 10.3 Å². The van der Waals surface area contributed by atoms with Gasteiger partial charge >= 0.3 is 0 Å². The molecule has 1 aliphatic rings. The molecule has 106 valence electrons. The molecular weight excluding hydrogens is 325 g/mol. The maximum atomic E-state index is 13.4. The standard InChI is InChI=1S/C14H15BrFN3O/c15-10-5-9(6-11(16)7-10)12-18-13(20-19-12)14(8-17)3-1-2-4-14/h5-7H,1-4,8,17H2. The summed E-state index contributed by atoms with van der Waals surface area (Å²) in [6.45, 7) is 0.501. The molecule has 2 N–H and O–H groups in total. The predicted molar refractivity (Wildman–Crippen MR) is 76.6 cm³/mol. The molecule has 1 heterocycles. The third kappa shape index (κ3) is 2.38. The predicted octanol–water partition coefficient (Wildman–Crippen LogP) is 3.41. The number of halogens is 2. The summed E-state index contributed by atoms with van der Waals surface area (Å²) in [6.07, 6.45) is 4.19. The highest BCUT2D eigenvalue weighted by Crippen LogP contribution is 2.40. The first kappa shape index (κ1) is 13.7. The lowest BCUT2D eigenvalue weighted by Crippen LogP contribution is -2.32. The van der Waals surface area contributed by atoms with Crippen molar-refractivity contribution in [3.63, 3.8) is 0 Å². The van der Waals surface area contributed by atoms with Crippen LogP contribution in [0, 0.1) is 5.82 Å². The van der Waals surface area contributed by atoms with Crippen molar-refractivity contribution in [3.8, 4) is 11.4 Å². The van der Waals surface area contributed by atoms with E-state index in [1.165, 1.54) is 12.1 Å². The fraction of sp³-hybridized carbons (Fsp3) is 0.429. The first-order chi connectivity index (χ1) is 9.63. The summed E-state index contributed by atoms with van der Waals surface area (Å²) >= 11 is 3.26. The zero-order valence-corrected chi connectivity index (χ0v) is 12.5. The number of rotatable bonds is 3. The van der Waals surface area contributed by atoms with Gasteiger partial charge in [0, 0.05) is 16.6 Å². The number of benzene rings is 1. The Morgan fingerprint density at radius 2 is 2.05 bits per heavy atom. The summed E-state index contributed by atoms with van der Waals surface area (Å²) in [5.41, 5.74) is 6.30. The Morgan fingerprint density at radius 1 is 1.30 bits per heavy atom. The average Bonchev–Trinajstić information content (AvgIpc) is 3.07. The molecule has 0 spiro atoms. The molecule has 20 heavy (non-hydrogen) atoms. The van der Waals surface area contributed by atoms with Crippen LogP contribution in [0.4, 0.5) is 4.39 Å². The fourth-order valence-electron chi connectivity index (χ4n) is 2.80. The summed E-state index contributed by atoms with van der Waals surface area (Å²) < 4.78 is 19.5. The minimum Gasteiger partial charge on any atom is -0.338 e. The summed E-state index contributed by atoms with van der Waals surface area (Å²) in [5, 5.41) is 3.98. The van der Waals surface area contributed by atoms with E-state index in [1.807, 2.05) is 0 Å². The third-order valence-corrected chi connectivity index (χ3v) is 4.41. The Bertz CT molecular complexity index is 602. The van der Waals surface area contributed by atoms with Crippen molar-refractivity contribution < 1.29 is 8.91 Å². The molecular formula is C14H15BrFN3O. The molecule has 1 aromatic carbocycles. The van der Waals surface area contributed by atoms with Crippen LogP contribution in [0.2, 0.25) is 0 Å². The Kier molecular flexibility index (Phi) is 3.60. The maximum Gasteiger partial charge on any atom is 0.234 e. The van der Waals surface area contributed by atoms with Crippen LogP contribution in [-0.2, 0) is 5.41 Å². The van der Waals surface area contributed by atoms with E-state index < -0.39 is 0 Å². The van der Waals surface area contributed by atoms with Gasteiger partial charge in [-0.2, -0.15) is 4.98 Å². The number of nitrogens with zero attached hydrogens (tertiary/aromatic N) is 2. The number of aromatic nitrogens is 2. The number of nitrogens with two attached hydrogens (primary N) is 1. The monoisotopic (exact) mass is 339 g/mol. The third-order valence-electron chi connectivity index (χ3n) is 3.95. The van der Waals surface area contributed by atoms with Crippen molar-refractivity contribution in [2.45, 2.75) is 31.1 Å².